The van der Waals surface area contributed by atoms with E-state index in [2.05, 4.69) is 4.90 Å². The van der Waals surface area contributed by atoms with Crippen molar-refractivity contribution in [2.24, 2.45) is 11.0 Å². The van der Waals surface area contributed by atoms with Crippen LogP contribution in [0, 0.1) is 5.92 Å². The number of hydrogen-bond acceptors (Lipinski definition) is 6. The van der Waals surface area contributed by atoms with E-state index in [1.165, 1.54) is 19.3 Å². The number of hydrogen-bond donors (Lipinski definition) is 1. The molecule has 1 aliphatic heterocycles. The Bertz CT molecular complexity index is 1160. The van der Waals surface area contributed by atoms with Gasteiger partial charge in [-0.15, -0.1) is 0 Å². The molecule has 33 heavy (non-hydrogen) atoms. The van der Waals surface area contributed by atoms with Crippen molar-refractivity contribution in [2.75, 3.05) is 33.7 Å². The molecule has 0 aliphatic carbocycles. The van der Waals surface area contributed by atoms with E-state index >= 15 is 0 Å². The Hall–Kier alpha value is -3.12. The van der Waals surface area contributed by atoms with E-state index in [0.29, 0.717) is 16.5 Å². The van der Waals surface area contributed by atoms with E-state index in [9.17, 15) is 9.90 Å². The Morgan fingerprint density at radius 3 is 2.42 bits per heavy atom. The smallest absolute Gasteiger partial charge is 0.343 e. The van der Waals surface area contributed by atoms with Crippen LogP contribution < -0.4 is 5.63 Å². The van der Waals surface area contributed by atoms with Crippen molar-refractivity contribution < 1.29 is 9.52 Å². The van der Waals surface area contributed by atoms with Crippen molar-refractivity contribution in [3.63, 3.8) is 0 Å². The number of likely N-dealkylation sites (tertiary alicyclic amines) is 1. The Morgan fingerprint density at radius 2 is 1.73 bits per heavy atom. The summed E-state index contributed by atoms with van der Waals surface area (Å²) < 4.78 is 5.70. The summed E-state index contributed by atoms with van der Waals surface area (Å²) in [5.41, 5.74) is 2.08. The van der Waals surface area contributed by atoms with Gasteiger partial charge in [-0.2, -0.15) is 5.10 Å². The normalized spacial score (nSPS) is 17.1. The zero-order valence-electron chi connectivity index (χ0n) is 19.7. The molecule has 2 heterocycles. The van der Waals surface area contributed by atoms with E-state index < -0.39 is 11.5 Å². The molecule has 2 unspecified atom stereocenters. The fraction of sp³-hybridized carbons (Fsp3) is 0.407. The van der Waals surface area contributed by atoms with Crippen LogP contribution in [0.15, 0.2) is 68.9 Å². The van der Waals surface area contributed by atoms with Crippen molar-refractivity contribution in [2.45, 2.75) is 32.1 Å². The molecule has 0 spiro atoms. The first-order valence-corrected chi connectivity index (χ1v) is 11.7. The second-order valence-electron chi connectivity index (χ2n) is 9.09. The highest BCUT2D eigenvalue weighted by Gasteiger charge is 2.35. The average Bonchev–Trinajstić information content (AvgIpc) is 2.81. The lowest BCUT2D eigenvalue weighted by molar-refractivity contribution is 0.206. The summed E-state index contributed by atoms with van der Waals surface area (Å²) in [4.78, 5) is 15.8. The van der Waals surface area contributed by atoms with Gasteiger partial charge in [0.2, 0.25) is 0 Å². The van der Waals surface area contributed by atoms with E-state index in [-0.39, 0.29) is 11.7 Å². The van der Waals surface area contributed by atoms with Gasteiger partial charge in [-0.05, 0) is 50.6 Å². The molecule has 1 aliphatic rings. The van der Waals surface area contributed by atoms with Gasteiger partial charge in [0.15, 0.2) is 0 Å². The topological polar surface area (TPSA) is 69.3 Å². The molecule has 2 aromatic carbocycles. The van der Waals surface area contributed by atoms with Crippen LogP contribution >= 0.6 is 0 Å². The summed E-state index contributed by atoms with van der Waals surface area (Å²) in [5.74, 6) is -0.502. The molecular weight excluding hydrogens is 414 g/mol. The summed E-state index contributed by atoms with van der Waals surface area (Å²) in [6, 6.07) is 17.1. The van der Waals surface area contributed by atoms with Crippen molar-refractivity contribution in [3.8, 4) is 5.75 Å². The third-order valence-corrected chi connectivity index (χ3v) is 6.49. The summed E-state index contributed by atoms with van der Waals surface area (Å²) >= 11 is 0. The number of para-hydroxylation sites is 1. The Morgan fingerprint density at radius 1 is 1.06 bits per heavy atom. The standard InChI is InChI=1S/C27H33N3O3/c1-19(28-29(2)3)22(18-30-16-10-5-11-17-30)24(20-12-6-4-7-13-20)25-26(31)21-14-8-9-15-23(21)33-27(25)32/h4,6-9,12-15,22,24,31H,5,10-11,16-18H2,1-3H3/b28-19+. The van der Waals surface area contributed by atoms with Gasteiger partial charge in [0.25, 0.3) is 0 Å². The van der Waals surface area contributed by atoms with Gasteiger partial charge in [0, 0.05) is 38.2 Å². The highest BCUT2D eigenvalue weighted by molar-refractivity contribution is 5.88. The summed E-state index contributed by atoms with van der Waals surface area (Å²) in [5, 5.41) is 18.4. The minimum Gasteiger partial charge on any atom is -0.507 e. The lowest BCUT2D eigenvalue weighted by Gasteiger charge is -2.35. The third kappa shape index (κ3) is 5.11. The third-order valence-electron chi connectivity index (χ3n) is 6.49. The fourth-order valence-electron chi connectivity index (χ4n) is 4.97. The first-order valence-electron chi connectivity index (χ1n) is 11.7. The van der Waals surface area contributed by atoms with Crippen molar-refractivity contribution >= 4 is 16.7 Å². The predicted octanol–water partition coefficient (Wildman–Crippen LogP) is 4.67. The summed E-state index contributed by atoms with van der Waals surface area (Å²) in [6.07, 6.45) is 3.61. The monoisotopic (exact) mass is 447 g/mol. The Balaban J connectivity index is 1.91. The lowest BCUT2D eigenvalue weighted by Crippen LogP contribution is -2.40. The van der Waals surface area contributed by atoms with E-state index in [0.717, 1.165) is 30.9 Å². The Kier molecular flexibility index (Phi) is 7.14. The van der Waals surface area contributed by atoms with Crippen LogP contribution in [-0.2, 0) is 0 Å². The number of rotatable bonds is 7. The number of nitrogens with zero attached hydrogens (tertiary/aromatic N) is 3. The number of fused-ring (bicyclic) bond motifs is 1. The van der Waals surface area contributed by atoms with Gasteiger partial charge < -0.3 is 19.4 Å². The molecule has 1 aromatic heterocycles. The SMILES string of the molecule is C/C(=N\N(C)C)C(CN1CCCCC1)C(c1ccccc1)c1c(O)c2ccccc2oc1=O. The molecule has 3 aromatic rings. The van der Waals surface area contributed by atoms with Crippen LogP contribution in [0.3, 0.4) is 0 Å². The van der Waals surface area contributed by atoms with Crippen LogP contribution in [-0.4, -0.2) is 54.5 Å². The quantitative estimate of drug-likeness (QED) is 0.324. The zero-order chi connectivity index (χ0) is 23.4. The van der Waals surface area contributed by atoms with Crippen molar-refractivity contribution in [1.29, 1.82) is 0 Å². The molecule has 6 nitrogen and oxygen atoms in total. The average molecular weight is 448 g/mol. The largest absolute Gasteiger partial charge is 0.507 e. The van der Waals surface area contributed by atoms with Crippen LogP contribution in [0.5, 0.6) is 5.75 Å². The van der Waals surface area contributed by atoms with Crippen LogP contribution in [0.1, 0.15) is 43.2 Å². The van der Waals surface area contributed by atoms with E-state index in [1.807, 2.05) is 57.4 Å². The molecule has 2 atom stereocenters. The predicted molar refractivity (Wildman–Crippen MR) is 133 cm³/mol. The molecule has 6 heteroatoms. The molecule has 0 radical (unpaired) electrons. The fourth-order valence-corrected chi connectivity index (χ4v) is 4.97. The molecule has 0 saturated carbocycles. The first kappa shape index (κ1) is 23.1. The molecule has 174 valence electrons. The van der Waals surface area contributed by atoms with Gasteiger partial charge >= 0.3 is 5.63 Å². The highest BCUT2D eigenvalue weighted by Crippen LogP contribution is 2.39. The van der Waals surface area contributed by atoms with E-state index in [1.54, 1.807) is 23.2 Å². The maximum absolute atomic E-state index is 13.3. The van der Waals surface area contributed by atoms with Crippen molar-refractivity contribution in [3.05, 3.63) is 76.1 Å². The number of aromatic hydroxyl groups is 1. The van der Waals surface area contributed by atoms with Gasteiger partial charge in [-0.1, -0.05) is 48.9 Å². The van der Waals surface area contributed by atoms with Crippen LogP contribution in [0.4, 0.5) is 0 Å². The molecular formula is C27H33N3O3. The lowest BCUT2D eigenvalue weighted by atomic mass is 9.78. The second-order valence-corrected chi connectivity index (χ2v) is 9.09. The zero-order valence-corrected chi connectivity index (χ0v) is 19.7. The van der Waals surface area contributed by atoms with Crippen LogP contribution in [0.25, 0.3) is 11.0 Å². The highest BCUT2D eigenvalue weighted by atomic mass is 16.4. The molecule has 0 amide bonds. The summed E-state index contributed by atoms with van der Waals surface area (Å²) in [6.45, 7) is 4.84. The minimum atomic E-state index is -0.499. The minimum absolute atomic E-state index is 0.00278. The van der Waals surface area contributed by atoms with Gasteiger partial charge in [-0.25, -0.2) is 4.79 Å². The maximum atomic E-state index is 13.3. The second kappa shape index (κ2) is 10.2. The number of piperidine rings is 1. The van der Waals surface area contributed by atoms with Gasteiger partial charge in [0.1, 0.15) is 11.3 Å². The molecule has 1 saturated heterocycles. The molecule has 1 fully saturated rings. The van der Waals surface area contributed by atoms with E-state index in [4.69, 9.17) is 9.52 Å². The maximum Gasteiger partial charge on any atom is 0.343 e. The molecule has 0 bridgehead atoms. The molecule has 1 N–H and O–H groups in total. The van der Waals surface area contributed by atoms with Gasteiger partial charge in [-0.3, -0.25) is 0 Å². The number of benzene rings is 2. The van der Waals surface area contributed by atoms with Crippen LogP contribution in [0.2, 0.25) is 0 Å². The van der Waals surface area contributed by atoms with Gasteiger partial charge in [0.05, 0.1) is 10.9 Å². The molecule has 4 rings (SSSR count). The summed E-state index contributed by atoms with van der Waals surface area (Å²) in [7, 11) is 3.81. The Labute approximate surface area is 195 Å². The van der Waals surface area contributed by atoms with Crippen molar-refractivity contribution in [1.82, 2.24) is 9.91 Å². The first-order chi connectivity index (χ1) is 16.0. The number of hydrazone groups is 1.